The average molecular weight is 196 g/mol. The third-order valence-corrected chi connectivity index (χ3v) is 2.64. The van der Waals surface area contributed by atoms with E-state index in [1.807, 2.05) is 20.8 Å². The number of nitrogens with two attached hydrogens (primary N) is 1. The molecule has 0 saturated carbocycles. The minimum Gasteiger partial charge on any atom is -0.330 e. The fourth-order valence-corrected chi connectivity index (χ4v) is 1.30. The van der Waals surface area contributed by atoms with Crippen molar-refractivity contribution >= 4 is 5.91 Å². The summed E-state index contributed by atoms with van der Waals surface area (Å²) >= 11 is 0. The predicted octanol–water partition coefficient (Wildman–Crippen LogP) is 0.986. The molecule has 0 spiro atoms. The summed E-state index contributed by atoms with van der Waals surface area (Å²) in [4.78, 5) is 13.6. The molecule has 0 aromatic heterocycles. The zero-order chi connectivity index (χ0) is 11.2. The van der Waals surface area contributed by atoms with Gasteiger partial charge in [0.2, 0.25) is 5.91 Å². The third-order valence-electron chi connectivity index (χ3n) is 2.64. The molecule has 80 valence electrons. The highest BCUT2D eigenvalue weighted by atomic mass is 16.2. The van der Waals surface area contributed by atoms with Gasteiger partial charge < -0.3 is 10.6 Å². The van der Waals surface area contributed by atoms with Crippen LogP contribution in [0.2, 0.25) is 0 Å². The summed E-state index contributed by atoms with van der Waals surface area (Å²) in [6.07, 6.45) is 6.47. The molecule has 0 aliphatic rings. The van der Waals surface area contributed by atoms with E-state index in [1.54, 1.807) is 4.90 Å². The summed E-state index contributed by atoms with van der Waals surface area (Å²) in [5.41, 5.74) is 5.24. The fraction of sp³-hybridized carbons (Fsp3) is 0.727. The molecule has 0 aliphatic heterocycles. The maximum atomic E-state index is 12.0. The van der Waals surface area contributed by atoms with Gasteiger partial charge in [0.15, 0.2) is 0 Å². The quantitative estimate of drug-likeness (QED) is 0.666. The Kier molecular flexibility index (Phi) is 5.26. The van der Waals surface area contributed by atoms with Crippen molar-refractivity contribution in [3.05, 3.63) is 0 Å². The Morgan fingerprint density at radius 3 is 2.21 bits per heavy atom. The summed E-state index contributed by atoms with van der Waals surface area (Å²) in [7, 11) is 0. The van der Waals surface area contributed by atoms with Crippen LogP contribution < -0.4 is 5.73 Å². The minimum atomic E-state index is -0.743. The van der Waals surface area contributed by atoms with Crippen LogP contribution in [-0.2, 0) is 4.79 Å². The molecular formula is C11H20N2O. The maximum Gasteiger partial charge on any atom is 0.243 e. The molecule has 0 radical (unpaired) electrons. The molecule has 0 atom stereocenters. The first-order chi connectivity index (χ1) is 6.55. The topological polar surface area (TPSA) is 46.3 Å². The van der Waals surface area contributed by atoms with Crippen molar-refractivity contribution in [1.82, 2.24) is 4.90 Å². The number of rotatable bonds is 5. The van der Waals surface area contributed by atoms with Gasteiger partial charge in [-0.1, -0.05) is 19.8 Å². The summed E-state index contributed by atoms with van der Waals surface area (Å²) in [6.45, 7) is 6.70. The van der Waals surface area contributed by atoms with Gasteiger partial charge >= 0.3 is 0 Å². The second kappa shape index (κ2) is 5.66. The number of hydrogen-bond donors (Lipinski definition) is 1. The van der Waals surface area contributed by atoms with E-state index in [2.05, 4.69) is 5.92 Å². The van der Waals surface area contributed by atoms with Gasteiger partial charge in [0.1, 0.15) is 0 Å². The van der Waals surface area contributed by atoms with Crippen molar-refractivity contribution < 1.29 is 4.79 Å². The lowest BCUT2D eigenvalue weighted by molar-refractivity contribution is -0.136. The SMILES string of the molecule is C#CCN(CC)C(=O)C(N)(CC)CC. The Bertz CT molecular complexity index is 226. The molecule has 14 heavy (non-hydrogen) atoms. The fourth-order valence-electron chi connectivity index (χ4n) is 1.30. The Balaban J connectivity index is 4.64. The number of carbonyl (C=O) groups excluding carboxylic acids is 1. The van der Waals surface area contributed by atoms with E-state index >= 15 is 0 Å². The predicted molar refractivity (Wildman–Crippen MR) is 58.6 cm³/mol. The first-order valence-electron chi connectivity index (χ1n) is 5.07. The van der Waals surface area contributed by atoms with E-state index in [4.69, 9.17) is 12.2 Å². The normalized spacial score (nSPS) is 10.8. The molecule has 0 fully saturated rings. The Morgan fingerprint density at radius 1 is 1.43 bits per heavy atom. The highest BCUT2D eigenvalue weighted by Crippen LogP contribution is 2.14. The van der Waals surface area contributed by atoms with Crippen LogP contribution in [0.3, 0.4) is 0 Å². The van der Waals surface area contributed by atoms with Gasteiger partial charge in [0.05, 0.1) is 12.1 Å². The lowest BCUT2D eigenvalue weighted by atomic mass is 9.92. The lowest BCUT2D eigenvalue weighted by Gasteiger charge is -2.31. The molecule has 0 aromatic rings. The molecule has 3 heteroatoms. The number of carbonyl (C=O) groups is 1. The first kappa shape index (κ1) is 13.0. The Labute approximate surface area is 86.6 Å². The van der Waals surface area contributed by atoms with Gasteiger partial charge in [-0.2, -0.15) is 0 Å². The third kappa shape index (κ3) is 2.74. The van der Waals surface area contributed by atoms with Crippen LogP contribution in [0, 0.1) is 12.3 Å². The second-order valence-electron chi connectivity index (χ2n) is 3.39. The van der Waals surface area contributed by atoms with Gasteiger partial charge in [-0.05, 0) is 19.8 Å². The molecule has 3 nitrogen and oxygen atoms in total. The van der Waals surface area contributed by atoms with Crippen LogP contribution in [0.1, 0.15) is 33.6 Å². The number of amides is 1. The zero-order valence-electron chi connectivity index (χ0n) is 9.34. The molecule has 0 rings (SSSR count). The van der Waals surface area contributed by atoms with Gasteiger partial charge in [0.25, 0.3) is 0 Å². The molecular weight excluding hydrogens is 176 g/mol. The van der Waals surface area contributed by atoms with Crippen LogP contribution >= 0.6 is 0 Å². The molecule has 0 saturated heterocycles. The molecule has 2 N–H and O–H groups in total. The van der Waals surface area contributed by atoms with Crippen LogP contribution in [0.5, 0.6) is 0 Å². The van der Waals surface area contributed by atoms with Crippen LogP contribution in [0.15, 0.2) is 0 Å². The Hall–Kier alpha value is -1.01. The number of hydrogen-bond acceptors (Lipinski definition) is 2. The molecule has 0 bridgehead atoms. The minimum absolute atomic E-state index is 0.0389. The van der Waals surface area contributed by atoms with E-state index in [-0.39, 0.29) is 5.91 Å². The van der Waals surface area contributed by atoms with E-state index < -0.39 is 5.54 Å². The van der Waals surface area contributed by atoms with Gasteiger partial charge in [-0.3, -0.25) is 4.79 Å². The Morgan fingerprint density at radius 2 is 1.93 bits per heavy atom. The van der Waals surface area contributed by atoms with Gasteiger partial charge in [-0.25, -0.2) is 0 Å². The molecule has 0 aromatic carbocycles. The van der Waals surface area contributed by atoms with E-state index in [0.29, 0.717) is 25.9 Å². The monoisotopic (exact) mass is 196 g/mol. The van der Waals surface area contributed by atoms with E-state index in [0.717, 1.165) is 0 Å². The van der Waals surface area contributed by atoms with Gasteiger partial charge in [0, 0.05) is 6.54 Å². The van der Waals surface area contributed by atoms with Crippen molar-refractivity contribution in [3.8, 4) is 12.3 Å². The largest absolute Gasteiger partial charge is 0.330 e. The highest BCUT2D eigenvalue weighted by molar-refractivity contribution is 5.86. The lowest BCUT2D eigenvalue weighted by Crippen LogP contribution is -2.54. The summed E-state index contributed by atoms with van der Waals surface area (Å²) in [5.74, 6) is 2.43. The van der Waals surface area contributed by atoms with Crippen LogP contribution in [0.25, 0.3) is 0 Å². The zero-order valence-corrected chi connectivity index (χ0v) is 9.34. The molecule has 0 heterocycles. The molecule has 1 amide bonds. The van der Waals surface area contributed by atoms with Crippen molar-refractivity contribution in [2.24, 2.45) is 5.73 Å². The number of terminal acetylenes is 1. The summed E-state index contributed by atoms with van der Waals surface area (Å²) in [5, 5.41) is 0. The second-order valence-corrected chi connectivity index (χ2v) is 3.39. The first-order valence-corrected chi connectivity index (χ1v) is 5.07. The standard InChI is InChI=1S/C11H20N2O/c1-5-9-13(8-4)10(14)11(12,6-2)7-3/h1H,6-9,12H2,2-4H3. The highest BCUT2D eigenvalue weighted by Gasteiger charge is 2.32. The molecule has 0 aliphatic carbocycles. The van der Waals surface area contributed by atoms with Gasteiger partial charge in [-0.15, -0.1) is 6.42 Å². The van der Waals surface area contributed by atoms with E-state index in [1.165, 1.54) is 0 Å². The van der Waals surface area contributed by atoms with Crippen molar-refractivity contribution in [2.75, 3.05) is 13.1 Å². The average Bonchev–Trinajstić information content (AvgIpc) is 2.23. The van der Waals surface area contributed by atoms with Crippen molar-refractivity contribution in [3.63, 3.8) is 0 Å². The number of likely N-dealkylation sites (N-methyl/N-ethyl adjacent to an activating group) is 1. The summed E-state index contributed by atoms with van der Waals surface area (Å²) < 4.78 is 0. The van der Waals surface area contributed by atoms with Crippen LogP contribution in [-0.4, -0.2) is 29.4 Å². The van der Waals surface area contributed by atoms with Crippen LogP contribution in [0.4, 0.5) is 0 Å². The smallest absolute Gasteiger partial charge is 0.243 e. The summed E-state index contributed by atoms with van der Waals surface area (Å²) in [6, 6.07) is 0. The molecule has 0 unspecified atom stereocenters. The van der Waals surface area contributed by atoms with Crippen molar-refractivity contribution in [2.45, 2.75) is 39.2 Å². The van der Waals surface area contributed by atoms with E-state index in [9.17, 15) is 4.79 Å². The maximum absolute atomic E-state index is 12.0. The van der Waals surface area contributed by atoms with Crippen molar-refractivity contribution in [1.29, 1.82) is 0 Å². The number of nitrogens with zero attached hydrogens (tertiary/aromatic N) is 1.